The molecular formula is C23H32O5. The highest BCUT2D eigenvalue weighted by Gasteiger charge is 2.59. The predicted octanol–water partition coefficient (Wildman–Crippen LogP) is 4.29. The van der Waals surface area contributed by atoms with E-state index < -0.39 is 5.97 Å². The average Bonchev–Trinajstić information content (AvgIpc) is 2.97. The van der Waals surface area contributed by atoms with Gasteiger partial charge in [0.05, 0.1) is 12.8 Å². The maximum absolute atomic E-state index is 12.1. The summed E-state index contributed by atoms with van der Waals surface area (Å²) in [6.07, 6.45) is 9.62. The van der Waals surface area contributed by atoms with E-state index >= 15 is 0 Å². The van der Waals surface area contributed by atoms with Gasteiger partial charge in [0.15, 0.2) is 5.78 Å². The molecule has 4 rings (SSSR count). The van der Waals surface area contributed by atoms with Crippen molar-refractivity contribution in [2.45, 2.75) is 84.2 Å². The molecule has 3 saturated carbocycles. The van der Waals surface area contributed by atoms with E-state index in [0.717, 1.165) is 44.9 Å². The number of ketones is 1. The molecule has 4 aliphatic carbocycles. The molecule has 4 aliphatic rings. The average molecular weight is 389 g/mol. The van der Waals surface area contributed by atoms with Crippen molar-refractivity contribution in [2.24, 2.45) is 28.6 Å². The van der Waals surface area contributed by atoms with Gasteiger partial charge >= 0.3 is 11.9 Å². The van der Waals surface area contributed by atoms with Crippen molar-refractivity contribution >= 4 is 17.7 Å². The normalized spacial score (nSPS) is 42.1. The fraction of sp³-hybridized carbons (Fsp3) is 0.783. The summed E-state index contributed by atoms with van der Waals surface area (Å²) in [6, 6.07) is 0. The number of hydrogen-bond donors (Lipinski definition) is 1. The highest BCUT2D eigenvalue weighted by molar-refractivity contribution is 5.91. The van der Waals surface area contributed by atoms with Crippen molar-refractivity contribution in [2.75, 3.05) is 0 Å². The molecule has 0 spiro atoms. The van der Waals surface area contributed by atoms with Crippen molar-refractivity contribution in [1.82, 2.24) is 0 Å². The Labute approximate surface area is 166 Å². The minimum absolute atomic E-state index is 0.00210. The topological polar surface area (TPSA) is 80.7 Å². The molecule has 6 atom stereocenters. The number of hydrogen-bond acceptors (Lipinski definition) is 4. The maximum Gasteiger partial charge on any atom is 0.306 e. The maximum atomic E-state index is 12.1. The number of fused-ring (bicyclic) bond motifs is 5. The lowest BCUT2D eigenvalue weighted by atomic mass is 9.47. The smallest absolute Gasteiger partial charge is 0.306 e. The lowest BCUT2D eigenvalue weighted by molar-refractivity contribution is -0.161. The van der Waals surface area contributed by atoms with Gasteiger partial charge in [0.25, 0.3) is 0 Å². The van der Waals surface area contributed by atoms with E-state index in [4.69, 9.17) is 9.84 Å². The van der Waals surface area contributed by atoms with Crippen LogP contribution in [-0.2, 0) is 19.1 Å². The van der Waals surface area contributed by atoms with Gasteiger partial charge in [-0.15, -0.1) is 0 Å². The van der Waals surface area contributed by atoms with Crippen LogP contribution in [0.1, 0.15) is 78.1 Å². The molecule has 0 unspecified atom stereocenters. The van der Waals surface area contributed by atoms with Crippen LogP contribution in [0, 0.1) is 28.6 Å². The number of allylic oxidation sites excluding steroid dienone is 1. The summed E-state index contributed by atoms with van der Waals surface area (Å²) in [7, 11) is 0. The van der Waals surface area contributed by atoms with Crippen molar-refractivity contribution in [3.63, 3.8) is 0 Å². The zero-order chi connectivity index (χ0) is 20.1. The lowest BCUT2D eigenvalue weighted by Crippen LogP contribution is -2.51. The molecule has 5 nitrogen and oxygen atoms in total. The van der Waals surface area contributed by atoms with Gasteiger partial charge in [0, 0.05) is 11.8 Å². The zero-order valence-electron chi connectivity index (χ0n) is 17.0. The second kappa shape index (κ2) is 7.00. The molecule has 0 aliphatic heterocycles. The first-order chi connectivity index (χ1) is 13.2. The van der Waals surface area contributed by atoms with Crippen LogP contribution in [0.15, 0.2) is 11.6 Å². The van der Waals surface area contributed by atoms with Crippen LogP contribution < -0.4 is 0 Å². The molecule has 1 N–H and O–H groups in total. The van der Waals surface area contributed by atoms with Crippen LogP contribution in [0.5, 0.6) is 0 Å². The Morgan fingerprint density at radius 2 is 1.86 bits per heavy atom. The molecule has 0 bridgehead atoms. The Hall–Kier alpha value is -1.65. The number of carbonyl (C=O) groups excluding carboxylic acids is 2. The van der Waals surface area contributed by atoms with Crippen molar-refractivity contribution in [3.8, 4) is 0 Å². The van der Waals surface area contributed by atoms with Crippen LogP contribution in [0.4, 0.5) is 0 Å². The van der Waals surface area contributed by atoms with E-state index in [9.17, 15) is 14.4 Å². The number of aliphatic carboxylic acids is 1. The summed E-state index contributed by atoms with van der Waals surface area (Å²) in [6.45, 7) is 4.66. The van der Waals surface area contributed by atoms with Crippen LogP contribution in [0.2, 0.25) is 0 Å². The van der Waals surface area contributed by atoms with Gasteiger partial charge in [-0.2, -0.15) is 0 Å². The molecule has 0 amide bonds. The van der Waals surface area contributed by atoms with Crippen LogP contribution in [0.25, 0.3) is 0 Å². The third-order valence-electron chi connectivity index (χ3n) is 8.69. The number of carboxylic acids is 1. The third-order valence-corrected chi connectivity index (χ3v) is 8.69. The van der Waals surface area contributed by atoms with E-state index in [-0.39, 0.29) is 35.7 Å². The Bertz CT molecular complexity index is 725. The van der Waals surface area contributed by atoms with Gasteiger partial charge in [0.1, 0.15) is 6.10 Å². The fourth-order valence-corrected chi connectivity index (χ4v) is 7.13. The summed E-state index contributed by atoms with van der Waals surface area (Å²) >= 11 is 0. The molecule has 3 fully saturated rings. The molecule has 0 aromatic rings. The Morgan fingerprint density at radius 3 is 2.61 bits per heavy atom. The van der Waals surface area contributed by atoms with Crippen LogP contribution in [-0.4, -0.2) is 28.9 Å². The van der Waals surface area contributed by atoms with E-state index in [1.165, 1.54) is 5.57 Å². The molecule has 0 radical (unpaired) electrons. The third kappa shape index (κ3) is 3.11. The minimum atomic E-state index is -0.960. The van der Waals surface area contributed by atoms with Crippen molar-refractivity contribution in [1.29, 1.82) is 0 Å². The summed E-state index contributed by atoms with van der Waals surface area (Å²) in [5.41, 5.74) is 1.54. The predicted molar refractivity (Wildman–Crippen MR) is 103 cm³/mol. The highest BCUT2D eigenvalue weighted by Crippen LogP contribution is 2.65. The van der Waals surface area contributed by atoms with Crippen LogP contribution >= 0.6 is 0 Å². The molecule has 0 saturated heterocycles. The van der Waals surface area contributed by atoms with Gasteiger partial charge in [-0.1, -0.05) is 19.4 Å². The molecule has 0 aromatic carbocycles. The van der Waals surface area contributed by atoms with Gasteiger partial charge in [-0.3, -0.25) is 14.4 Å². The summed E-state index contributed by atoms with van der Waals surface area (Å²) in [5, 5.41) is 8.79. The van der Waals surface area contributed by atoms with Gasteiger partial charge in [0.2, 0.25) is 0 Å². The van der Waals surface area contributed by atoms with Gasteiger partial charge < -0.3 is 9.84 Å². The Morgan fingerprint density at radius 1 is 1.07 bits per heavy atom. The SMILES string of the molecule is C[C@@]12CC[C@@H]3[C@@H](CCC4=CC(=O)CC[C@@]43C)[C@@H]1CC[C@@H]2OC(=O)CCC(=O)O. The lowest BCUT2D eigenvalue weighted by Gasteiger charge is -2.57. The van der Waals surface area contributed by atoms with Gasteiger partial charge in [-0.25, -0.2) is 0 Å². The standard InChI is InChI=1S/C23H32O5/c1-22-11-9-15(24)13-14(22)3-4-16-17-5-6-19(23(17,2)12-10-18(16)22)28-21(27)8-7-20(25)26/h13,16-19H,3-12H2,1-2H3,(H,25,26)/t16-,17-,18+,19-,22-,23+/m0/s1. The number of carboxylic acid groups (broad SMARTS) is 1. The largest absolute Gasteiger partial charge is 0.481 e. The zero-order valence-corrected chi connectivity index (χ0v) is 17.0. The van der Waals surface area contributed by atoms with Gasteiger partial charge in [-0.05, 0) is 74.2 Å². The summed E-state index contributed by atoms with van der Waals surface area (Å²) in [5.74, 6) is 0.776. The van der Waals surface area contributed by atoms with Crippen LogP contribution in [0.3, 0.4) is 0 Å². The van der Waals surface area contributed by atoms with Crippen molar-refractivity contribution < 1.29 is 24.2 Å². The molecule has 154 valence electrons. The number of rotatable bonds is 4. The number of ether oxygens (including phenoxy) is 1. The van der Waals surface area contributed by atoms with Crippen molar-refractivity contribution in [3.05, 3.63) is 11.6 Å². The second-order valence-electron chi connectivity index (χ2n) is 9.96. The van der Waals surface area contributed by atoms with E-state index in [1.807, 2.05) is 6.08 Å². The van der Waals surface area contributed by atoms with E-state index in [1.54, 1.807) is 0 Å². The Kier molecular flexibility index (Phi) is 4.91. The first-order valence-electron chi connectivity index (χ1n) is 10.9. The molecule has 5 heteroatoms. The first-order valence-corrected chi connectivity index (χ1v) is 10.9. The Balaban J connectivity index is 1.49. The molecule has 28 heavy (non-hydrogen) atoms. The van der Waals surface area contributed by atoms with E-state index in [2.05, 4.69) is 13.8 Å². The fourth-order valence-electron chi connectivity index (χ4n) is 7.13. The molecule has 0 heterocycles. The second-order valence-corrected chi connectivity index (χ2v) is 9.96. The number of carbonyl (C=O) groups is 3. The number of esters is 1. The quantitative estimate of drug-likeness (QED) is 0.727. The summed E-state index contributed by atoms with van der Waals surface area (Å²) < 4.78 is 5.80. The van der Waals surface area contributed by atoms with E-state index in [0.29, 0.717) is 30.0 Å². The first kappa shape index (κ1) is 19.7. The molecular weight excluding hydrogens is 356 g/mol. The minimum Gasteiger partial charge on any atom is -0.481 e. The highest BCUT2D eigenvalue weighted by atomic mass is 16.5. The molecule has 0 aromatic heterocycles. The monoisotopic (exact) mass is 388 g/mol. The summed E-state index contributed by atoms with van der Waals surface area (Å²) in [4.78, 5) is 34.8.